The zero-order valence-corrected chi connectivity index (χ0v) is 26.0. The predicted octanol–water partition coefficient (Wildman–Crippen LogP) is 6.55. The summed E-state index contributed by atoms with van der Waals surface area (Å²) in [5, 5.41) is 3.12. The number of ether oxygens (including phenoxy) is 1. The lowest BCUT2D eigenvalue weighted by Gasteiger charge is -2.36. The molecule has 8 nitrogen and oxygen atoms in total. The number of pyridine rings is 1. The Morgan fingerprint density at radius 1 is 1.02 bits per heavy atom. The second-order valence-corrected chi connectivity index (χ2v) is 13.7. The Hall–Kier alpha value is -3.56. The van der Waals surface area contributed by atoms with Gasteiger partial charge in [0.2, 0.25) is 5.91 Å². The topological polar surface area (TPSA) is 91.8 Å². The Labute approximate surface area is 253 Å². The fraction of sp³-hybridized carbons (Fsp3) is 0.576. The number of carbonyl (C=O) groups is 3. The van der Waals surface area contributed by atoms with Gasteiger partial charge in [-0.15, -0.1) is 0 Å². The predicted molar refractivity (Wildman–Crippen MR) is 161 cm³/mol. The van der Waals surface area contributed by atoms with E-state index in [2.05, 4.69) is 31.1 Å². The molecule has 10 heteroatoms. The lowest BCUT2D eigenvalue weighted by Crippen LogP contribution is -2.53. The third kappa shape index (κ3) is 8.09. The van der Waals surface area contributed by atoms with Gasteiger partial charge >= 0.3 is 6.09 Å². The molecule has 2 aromatic rings. The molecule has 1 saturated heterocycles. The molecule has 1 N–H and O–H groups in total. The summed E-state index contributed by atoms with van der Waals surface area (Å²) >= 11 is 0. The van der Waals surface area contributed by atoms with Crippen molar-refractivity contribution in [1.29, 1.82) is 0 Å². The van der Waals surface area contributed by atoms with Crippen molar-refractivity contribution in [2.45, 2.75) is 115 Å². The van der Waals surface area contributed by atoms with Gasteiger partial charge in [0, 0.05) is 36.1 Å². The van der Waals surface area contributed by atoms with Crippen LogP contribution < -0.4 is 10.2 Å². The minimum Gasteiger partial charge on any atom is -0.444 e. The molecule has 1 aromatic carbocycles. The van der Waals surface area contributed by atoms with Crippen molar-refractivity contribution in [3.8, 4) is 0 Å². The van der Waals surface area contributed by atoms with Gasteiger partial charge in [0.1, 0.15) is 17.7 Å². The number of halogens is 2. The van der Waals surface area contributed by atoms with Crippen LogP contribution in [0.15, 0.2) is 48.8 Å². The highest BCUT2D eigenvalue weighted by Gasteiger charge is 2.53. The van der Waals surface area contributed by atoms with Gasteiger partial charge < -0.3 is 10.1 Å². The second-order valence-electron chi connectivity index (χ2n) is 13.7. The number of hydrogen-bond donors (Lipinski definition) is 1. The minimum absolute atomic E-state index is 0.0604. The fourth-order valence-electron chi connectivity index (χ4n) is 5.72. The van der Waals surface area contributed by atoms with Gasteiger partial charge in [-0.3, -0.25) is 24.4 Å². The number of hydrogen-bond acceptors (Lipinski definition) is 5. The van der Waals surface area contributed by atoms with E-state index in [1.807, 2.05) is 12.1 Å². The first-order valence-corrected chi connectivity index (χ1v) is 15.1. The summed E-state index contributed by atoms with van der Waals surface area (Å²) in [5.74, 6) is -4.53. The number of alkyl halides is 2. The number of nitrogens with zero attached hydrogens (tertiary/aromatic N) is 3. The van der Waals surface area contributed by atoms with Gasteiger partial charge in [-0.2, -0.15) is 0 Å². The zero-order valence-electron chi connectivity index (χ0n) is 26.0. The molecule has 2 atom stereocenters. The molecule has 2 aliphatic rings. The first kappa shape index (κ1) is 32.4. The Balaban J connectivity index is 1.81. The number of carbonyl (C=O) groups excluding carboxylic acids is 3. The van der Waals surface area contributed by atoms with Crippen molar-refractivity contribution in [2.75, 3.05) is 11.4 Å². The van der Waals surface area contributed by atoms with Crippen LogP contribution in [0.2, 0.25) is 0 Å². The van der Waals surface area contributed by atoms with Crippen LogP contribution in [0, 0.1) is 0 Å². The fourth-order valence-corrected chi connectivity index (χ4v) is 5.72. The zero-order chi connectivity index (χ0) is 31.6. The van der Waals surface area contributed by atoms with E-state index in [4.69, 9.17) is 4.74 Å². The Kier molecular flexibility index (Phi) is 9.47. The quantitative estimate of drug-likeness (QED) is 0.407. The highest BCUT2D eigenvalue weighted by atomic mass is 19.3. The van der Waals surface area contributed by atoms with E-state index < -0.39 is 54.5 Å². The maximum absolute atomic E-state index is 14.9. The highest BCUT2D eigenvalue weighted by molar-refractivity contribution is 6.05. The molecular weight excluding hydrogens is 554 g/mol. The first-order valence-electron chi connectivity index (χ1n) is 15.1. The molecule has 234 valence electrons. The van der Waals surface area contributed by atoms with Crippen molar-refractivity contribution < 1.29 is 27.9 Å². The number of rotatable bonds is 6. The van der Waals surface area contributed by atoms with E-state index in [1.54, 1.807) is 51.2 Å². The van der Waals surface area contributed by atoms with Crippen LogP contribution in [-0.2, 0) is 19.7 Å². The van der Waals surface area contributed by atoms with Gasteiger partial charge in [-0.25, -0.2) is 13.6 Å². The van der Waals surface area contributed by atoms with E-state index in [9.17, 15) is 23.2 Å². The Morgan fingerprint density at radius 2 is 1.67 bits per heavy atom. The summed E-state index contributed by atoms with van der Waals surface area (Å²) in [4.78, 5) is 48.0. The van der Waals surface area contributed by atoms with Crippen LogP contribution in [0.5, 0.6) is 0 Å². The largest absolute Gasteiger partial charge is 0.444 e. The summed E-state index contributed by atoms with van der Waals surface area (Å²) in [5.41, 5.74) is 0.636. The number of likely N-dealkylation sites (tertiary alicyclic amines) is 1. The molecule has 0 radical (unpaired) electrons. The maximum atomic E-state index is 14.9. The lowest BCUT2D eigenvalue weighted by atomic mass is 9.87. The van der Waals surface area contributed by atoms with Gasteiger partial charge in [-0.1, -0.05) is 58.2 Å². The molecular formula is C33H44F2N4O4. The number of aromatic nitrogens is 1. The van der Waals surface area contributed by atoms with Gasteiger partial charge in [0.05, 0.1) is 6.54 Å². The molecule has 1 aliphatic heterocycles. The molecule has 3 amide bonds. The molecule has 1 saturated carbocycles. The summed E-state index contributed by atoms with van der Waals surface area (Å²) < 4.78 is 35.3. The summed E-state index contributed by atoms with van der Waals surface area (Å²) in [7, 11) is 0. The molecule has 2 fully saturated rings. The molecule has 2 heterocycles. The number of nitrogens with one attached hydrogen (secondary N) is 1. The van der Waals surface area contributed by atoms with Crippen LogP contribution in [0.25, 0.3) is 0 Å². The molecule has 1 aliphatic carbocycles. The molecule has 1 aromatic heterocycles. The van der Waals surface area contributed by atoms with E-state index in [0.29, 0.717) is 11.3 Å². The summed E-state index contributed by atoms with van der Waals surface area (Å²) in [6, 6.07) is 7.71. The van der Waals surface area contributed by atoms with Crippen LogP contribution in [-0.4, -0.2) is 57.9 Å². The molecule has 4 rings (SSSR count). The monoisotopic (exact) mass is 598 g/mol. The highest BCUT2D eigenvalue weighted by Crippen LogP contribution is 2.38. The van der Waals surface area contributed by atoms with Gasteiger partial charge in [0.15, 0.2) is 0 Å². The van der Waals surface area contributed by atoms with Crippen molar-refractivity contribution in [2.24, 2.45) is 0 Å². The average molecular weight is 599 g/mol. The third-order valence-electron chi connectivity index (χ3n) is 7.89. The number of anilines is 1. The van der Waals surface area contributed by atoms with Crippen molar-refractivity contribution in [1.82, 2.24) is 15.2 Å². The van der Waals surface area contributed by atoms with E-state index in [-0.39, 0.29) is 11.5 Å². The minimum atomic E-state index is -3.31. The van der Waals surface area contributed by atoms with Gasteiger partial charge in [0.25, 0.3) is 11.8 Å². The van der Waals surface area contributed by atoms with Crippen molar-refractivity contribution in [3.63, 3.8) is 0 Å². The molecule has 0 bridgehead atoms. The number of amides is 3. The first-order chi connectivity index (χ1) is 20.1. The molecule has 43 heavy (non-hydrogen) atoms. The third-order valence-corrected chi connectivity index (χ3v) is 7.89. The van der Waals surface area contributed by atoms with Crippen molar-refractivity contribution >= 4 is 23.6 Å². The van der Waals surface area contributed by atoms with Crippen LogP contribution in [0.4, 0.5) is 19.3 Å². The molecule has 1 unspecified atom stereocenters. The maximum Gasteiger partial charge on any atom is 0.411 e. The van der Waals surface area contributed by atoms with E-state index >= 15 is 0 Å². The summed E-state index contributed by atoms with van der Waals surface area (Å²) in [6.07, 6.45) is 5.89. The Morgan fingerprint density at radius 3 is 2.23 bits per heavy atom. The lowest BCUT2D eigenvalue weighted by molar-refractivity contribution is -0.129. The van der Waals surface area contributed by atoms with E-state index in [0.717, 1.165) is 42.6 Å². The van der Waals surface area contributed by atoms with Crippen LogP contribution >= 0.6 is 0 Å². The van der Waals surface area contributed by atoms with Crippen molar-refractivity contribution in [3.05, 3.63) is 59.9 Å². The Bertz CT molecular complexity index is 1280. The van der Waals surface area contributed by atoms with E-state index in [1.165, 1.54) is 11.1 Å². The smallest absolute Gasteiger partial charge is 0.411 e. The van der Waals surface area contributed by atoms with Crippen LogP contribution in [0.1, 0.15) is 97.2 Å². The standard InChI is InChI=1S/C33H44F2N4O4/c1-31(2,3)23-14-16-25(17-15-23)39(29(41)26-19-33(34,35)21-38(26)30(42)43-32(4,5)6)27(22-11-10-18-36-20-22)28(40)37-24-12-8-7-9-13-24/h10-11,14-18,20,24,26-27H,7-9,12-13,19,21H2,1-6H3,(H,37,40)/t26-,27?/m1/s1. The SMILES string of the molecule is CC(C)(C)OC(=O)N1CC(F)(F)C[C@@H]1C(=O)N(c1ccc(C(C)(C)C)cc1)C(C(=O)NC1CCCCC1)c1cccnc1. The molecule has 0 spiro atoms. The van der Waals surface area contributed by atoms with Crippen LogP contribution in [0.3, 0.4) is 0 Å². The summed E-state index contributed by atoms with van der Waals surface area (Å²) in [6.45, 7) is 10.1. The average Bonchev–Trinajstić information content (AvgIpc) is 3.26. The normalized spacial score (nSPS) is 19.9. The second kappa shape index (κ2) is 12.6. The van der Waals surface area contributed by atoms with Gasteiger partial charge in [-0.05, 0) is 62.8 Å². The number of benzene rings is 1.